The Hall–Kier alpha value is -1.74. The zero-order valence-electron chi connectivity index (χ0n) is 16.4. The highest BCUT2D eigenvalue weighted by atomic mass is 79.9. The second-order valence-electron chi connectivity index (χ2n) is 7.58. The second-order valence-corrected chi connectivity index (χ2v) is 8.43. The van der Waals surface area contributed by atoms with Gasteiger partial charge in [-0.1, -0.05) is 15.9 Å². The number of allylic oxidation sites excluding steroid dienone is 1. The number of piperazine rings is 1. The number of ketones is 2. The lowest BCUT2D eigenvalue weighted by Gasteiger charge is -2.34. The minimum absolute atomic E-state index is 0.128. The fraction of sp³-hybridized carbons (Fsp3) is 0.524. The number of nitrogens with zero attached hydrogens (tertiary/aromatic N) is 2. The molecule has 1 saturated heterocycles. The Balaban J connectivity index is 1.48. The third kappa shape index (κ3) is 5.88. The van der Waals surface area contributed by atoms with Gasteiger partial charge in [0.2, 0.25) is 0 Å². The fourth-order valence-corrected chi connectivity index (χ4v) is 4.47. The molecule has 0 atom stereocenters. The molecule has 0 aromatic heterocycles. The van der Waals surface area contributed by atoms with Crippen LogP contribution in [0.15, 0.2) is 34.4 Å². The van der Waals surface area contributed by atoms with Gasteiger partial charge in [-0.3, -0.25) is 19.4 Å². The summed E-state index contributed by atoms with van der Waals surface area (Å²) in [5, 5.41) is 21.8. The first-order valence-corrected chi connectivity index (χ1v) is 10.8. The van der Waals surface area contributed by atoms with Gasteiger partial charge in [0.05, 0.1) is 12.2 Å². The Morgan fingerprint density at radius 2 is 1.69 bits per heavy atom. The van der Waals surface area contributed by atoms with Crippen molar-refractivity contribution in [2.75, 3.05) is 52.4 Å². The van der Waals surface area contributed by atoms with Crippen LogP contribution in [0.3, 0.4) is 0 Å². The van der Waals surface area contributed by atoms with Crippen molar-refractivity contribution in [3.63, 3.8) is 0 Å². The Labute approximate surface area is 179 Å². The number of halogens is 1. The number of aromatic hydroxyl groups is 1. The molecule has 0 amide bonds. The molecule has 1 aliphatic heterocycles. The third-order valence-corrected chi connectivity index (χ3v) is 6.31. The minimum atomic E-state index is -0.219. The van der Waals surface area contributed by atoms with Crippen LogP contribution in [0.4, 0.5) is 0 Å². The number of carbonyl (C=O) groups excluding carboxylic acids is 2. The quantitative estimate of drug-likeness (QED) is 0.317. The zero-order chi connectivity index (χ0) is 20.8. The van der Waals surface area contributed by atoms with Crippen LogP contribution in [0.1, 0.15) is 24.3 Å². The summed E-state index contributed by atoms with van der Waals surface area (Å²) < 4.78 is 0.797. The molecule has 1 aromatic rings. The molecule has 1 saturated carbocycles. The highest BCUT2D eigenvalue weighted by Gasteiger charge is 2.32. The molecule has 3 N–H and O–H groups in total. The molecule has 158 valence electrons. The van der Waals surface area contributed by atoms with Crippen LogP contribution in [0.5, 0.6) is 5.75 Å². The summed E-state index contributed by atoms with van der Waals surface area (Å²) >= 11 is 3.44. The lowest BCUT2D eigenvalue weighted by Crippen LogP contribution is -2.48. The molecule has 1 heterocycles. The first kappa shape index (κ1) is 22.0. The summed E-state index contributed by atoms with van der Waals surface area (Å²) in [6.07, 6.45) is 2.09. The van der Waals surface area contributed by atoms with Gasteiger partial charge in [0.25, 0.3) is 0 Å². The first-order valence-electron chi connectivity index (χ1n) is 10.0. The van der Waals surface area contributed by atoms with Gasteiger partial charge in [0.15, 0.2) is 11.6 Å². The van der Waals surface area contributed by atoms with Crippen LogP contribution in [0.25, 0.3) is 0 Å². The van der Waals surface area contributed by atoms with Crippen molar-refractivity contribution in [3.05, 3.63) is 40.0 Å². The molecular formula is C21H28BrN3O4. The van der Waals surface area contributed by atoms with Gasteiger partial charge in [0.1, 0.15) is 5.75 Å². The number of phenols is 1. The molecule has 2 fully saturated rings. The minimum Gasteiger partial charge on any atom is -0.508 e. The van der Waals surface area contributed by atoms with Crippen LogP contribution in [-0.2, 0) is 9.59 Å². The molecule has 2 aliphatic rings. The van der Waals surface area contributed by atoms with E-state index in [0.717, 1.165) is 49.3 Å². The number of hydrogen-bond donors (Lipinski definition) is 3. The number of β-amino-alcohol motifs (C(OH)–C–C–N with tert-alkyl or cyclic N) is 1. The highest BCUT2D eigenvalue weighted by Crippen LogP contribution is 2.36. The lowest BCUT2D eigenvalue weighted by molar-refractivity contribution is -0.124. The van der Waals surface area contributed by atoms with E-state index in [1.165, 1.54) is 0 Å². The summed E-state index contributed by atoms with van der Waals surface area (Å²) in [4.78, 5) is 29.6. The van der Waals surface area contributed by atoms with Gasteiger partial charge in [0, 0.05) is 69.3 Å². The average molecular weight is 466 g/mol. The van der Waals surface area contributed by atoms with Gasteiger partial charge in [-0.05, 0) is 29.7 Å². The van der Waals surface area contributed by atoms with Crippen LogP contribution in [0.2, 0.25) is 0 Å². The van der Waals surface area contributed by atoms with E-state index >= 15 is 0 Å². The predicted molar refractivity (Wildman–Crippen MR) is 114 cm³/mol. The predicted octanol–water partition coefficient (Wildman–Crippen LogP) is 1.25. The van der Waals surface area contributed by atoms with Gasteiger partial charge in [-0.2, -0.15) is 0 Å². The standard InChI is InChI=1S/C21H28BrN3O4/c22-19-2-1-16(27)13-17(19)15-11-20(28)18(21(29)12-15)14-23-3-4-24-5-7-25(8-6-24)9-10-26/h1-2,13-15,23,26-27H,3-12H2. The molecule has 0 radical (unpaired) electrons. The summed E-state index contributed by atoms with van der Waals surface area (Å²) in [5.74, 6) is -0.412. The number of nitrogens with one attached hydrogen (secondary N) is 1. The second kappa shape index (κ2) is 10.3. The van der Waals surface area contributed by atoms with E-state index in [9.17, 15) is 14.7 Å². The van der Waals surface area contributed by atoms with Gasteiger partial charge < -0.3 is 15.5 Å². The van der Waals surface area contributed by atoms with Crippen LogP contribution in [-0.4, -0.2) is 84.0 Å². The molecule has 1 aromatic carbocycles. The average Bonchev–Trinajstić information content (AvgIpc) is 2.70. The molecule has 0 unspecified atom stereocenters. The SMILES string of the molecule is O=C1CC(c2cc(O)ccc2Br)CC(=O)C1=CNCCN1CCN(CCO)CC1. The van der Waals surface area contributed by atoms with E-state index in [1.54, 1.807) is 24.4 Å². The molecule has 8 heteroatoms. The van der Waals surface area contributed by atoms with Crippen molar-refractivity contribution >= 4 is 27.5 Å². The summed E-state index contributed by atoms with van der Waals surface area (Å²) in [6.45, 7) is 6.25. The van der Waals surface area contributed by atoms with E-state index in [2.05, 4.69) is 31.0 Å². The van der Waals surface area contributed by atoms with Crippen LogP contribution in [0, 0.1) is 0 Å². The third-order valence-electron chi connectivity index (χ3n) is 5.58. The molecular weight excluding hydrogens is 438 g/mol. The monoisotopic (exact) mass is 465 g/mol. The van der Waals surface area contributed by atoms with E-state index < -0.39 is 0 Å². The van der Waals surface area contributed by atoms with Crippen LogP contribution < -0.4 is 5.32 Å². The Morgan fingerprint density at radius 3 is 2.31 bits per heavy atom. The first-order chi connectivity index (χ1) is 14.0. The maximum Gasteiger partial charge on any atom is 0.168 e. The Morgan fingerprint density at radius 1 is 1.07 bits per heavy atom. The molecule has 7 nitrogen and oxygen atoms in total. The maximum absolute atomic E-state index is 12.5. The van der Waals surface area contributed by atoms with E-state index in [-0.39, 0.29) is 48.3 Å². The molecule has 3 rings (SSSR count). The highest BCUT2D eigenvalue weighted by molar-refractivity contribution is 9.10. The number of carbonyl (C=O) groups is 2. The number of rotatable bonds is 7. The lowest BCUT2D eigenvalue weighted by atomic mass is 9.80. The van der Waals surface area contributed by atoms with Crippen molar-refractivity contribution in [1.82, 2.24) is 15.1 Å². The van der Waals surface area contributed by atoms with Gasteiger partial charge in [-0.15, -0.1) is 0 Å². The number of benzene rings is 1. The van der Waals surface area contributed by atoms with Gasteiger partial charge >= 0.3 is 0 Å². The molecule has 1 aliphatic carbocycles. The number of hydrogen-bond acceptors (Lipinski definition) is 7. The molecule has 0 bridgehead atoms. The van der Waals surface area contributed by atoms with E-state index in [1.807, 2.05) is 0 Å². The van der Waals surface area contributed by atoms with Crippen LogP contribution >= 0.6 is 15.9 Å². The van der Waals surface area contributed by atoms with E-state index in [4.69, 9.17) is 5.11 Å². The smallest absolute Gasteiger partial charge is 0.168 e. The largest absolute Gasteiger partial charge is 0.508 e. The Kier molecular flexibility index (Phi) is 7.83. The number of aliphatic hydroxyl groups excluding tert-OH is 1. The summed E-state index contributed by atoms with van der Waals surface area (Å²) in [6, 6.07) is 4.92. The van der Waals surface area contributed by atoms with Crippen molar-refractivity contribution in [2.24, 2.45) is 0 Å². The van der Waals surface area contributed by atoms with Crippen molar-refractivity contribution in [3.8, 4) is 5.75 Å². The number of phenolic OH excluding ortho intramolecular Hbond substituents is 1. The van der Waals surface area contributed by atoms with Crippen molar-refractivity contribution in [1.29, 1.82) is 0 Å². The van der Waals surface area contributed by atoms with E-state index in [0.29, 0.717) is 6.54 Å². The molecule has 0 spiro atoms. The zero-order valence-corrected chi connectivity index (χ0v) is 18.0. The number of aliphatic hydroxyl groups is 1. The maximum atomic E-state index is 12.5. The topological polar surface area (TPSA) is 93.1 Å². The van der Waals surface area contributed by atoms with Gasteiger partial charge in [-0.25, -0.2) is 0 Å². The molecule has 29 heavy (non-hydrogen) atoms. The number of Topliss-reactive ketones (excluding diaryl/α,β-unsaturated/α-hetero) is 2. The van der Waals surface area contributed by atoms with Crippen molar-refractivity contribution in [2.45, 2.75) is 18.8 Å². The summed E-state index contributed by atoms with van der Waals surface area (Å²) in [5.41, 5.74) is 1.03. The summed E-state index contributed by atoms with van der Waals surface area (Å²) in [7, 11) is 0. The normalized spacial score (nSPS) is 21.4. The Bertz CT molecular complexity index is 755. The van der Waals surface area contributed by atoms with Crippen molar-refractivity contribution < 1.29 is 19.8 Å². The fourth-order valence-electron chi connectivity index (χ4n) is 3.89.